The first-order valence-corrected chi connectivity index (χ1v) is 6.13. The Bertz CT molecular complexity index is 516. The molecule has 1 fully saturated rings. The molecule has 1 amide bonds. The first kappa shape index (κ1) is 14.8. The van der Waals surface area contributed by atoms with Crippen LogP contribution in [0.4, 0.5) is 17.6 Å². The Balaban J connectivity index is 2.34. The highest BCUT2D eigenvalue weighted by Crippen LogP contribution is 2.31. The van der Waals surface area contributed by atoms with Gasteiger partial charge in [-0.2, -0.15) is 13.2 Å². The molecule has 1 aromatic rings. The van der Waals surface area contributed by atoms with Gasteiger partial charge < -0.3 is 10.0 Å². The normalized spacial score (nSPS) is 19.4. The fourth-order valence-corrected chi connectivity index (χ4v) is 2.31. The highest BCUT2D eigenvalue weighted by Gasteiger charge is 2.34. The third-order valence-electron chi connectivity index (χ3n) is 3.37. The summed E-state index contributed by atoms with van der Waals surface area (Å²) in [5, 5.41) is 9.12. The average molecular weight is 291 g/mol. The van der Waals surface area contributed by atoms with Crippen molar-refractivity contribution in [3.05, 3.63) is 35.1 Å². The minimum absolute atomic E-state index is 0.285. The largest absolute Gasteiger partial charge is 0.416 e. The number of aliphatic hydroxyl groups excluding tert-OH is 1. The first-order chi connectivity index (χ1) is 9.34. The molecule has 2 rings (SSSR count). The van der Waals surface area contributed by atoms with Gasteiger partial charge in [0.05, 0.1) is 23.8 Å². The van der Waals surface area contributed by atoms with Crippen molar-refractivity contribution in [2.45, 2.75) is 25.1 Å². The molecule has 1 atom stereocenters. The zero-order chi connectivity index (χ0) is 14.9. The summed E-state index contributed by atoms with van der Waals surface area (Å²) in [7, 11) is 0. The minimum atomic E-state index is -4.63. The maximum atomic E-state index is 13.6. The van der Waals surface area contributed by atoms with Crippen molar-refractivity contribution >= 4 is 5.91 Å². The number of carbonyl (C=O) groups is 1. The number of benzene rings is 1. The Morgan fingerprint density at radius 3 is 2.70 bits per heavy atom. The van der Waals surface area contributed by atoms with Crippen LogP contribution in [0.5, 0.6) is 0 Å². The molecule has 0 saturated carbocycles. The highest BCUT2D eigenvalue weighted by atomic mass is 19.4. The second-order valence-electron chi connectivity index (χ2n) is 4.67. The standard InChI is InChI=1S/C13H13F4NO2/c14-11-4-3-8(13(15,16)17)6-10(11)12(20)18-5-1-2-9(18)7-19/h3-4,6,9,19H,1-2,5,7H2/t9-/m1/s1. The van der Waals surface area contributed by atoms with Crippen molar-refractivity contribution in [1.29, 1.82) is 0 Å². The summed E-state index contributed by atoms with van der Waals surface area (Å²) in [5.41, 5.74) is -1.68. The van der Waals surface area contributed by atoms with Crippen LogP contribution in [0, 0.1) is 5.82 Å². The zero-order valence-corrected chi connectivity index (χ0v) is 10.5. The first-order valence-electron chi connectivity index (χ1n) is 6.13. The van der Waals surface area contributed by atoms with Crippen molar-refractivity contribution in [3.8, 4) is 0 Å². The van der Waals surface area contributed by atoms with Gasteiger partial charge in [-0.15, -0.1) is 0 Å². The summed E-state index contributed by atoms with van der Waals surface area (Å²) in [4.78, 5) is 13.3. The quantitative estimate of drug-likeness (QED) is 0.850. The van der Waals surface area contributed by atoms with Crippen molar-refractivity contribution < 1.29 is 27.5 Å². The molecule has 1 heterocycles. The van der Waals surface area contributed by atoms with Gasteiger partial charge in [-0.3, -0.25) is 4.79 Å². The molecule has 0 aromatic heterocycles. The fraction of sp³-hybridized carbons (Fsp3) is 0.462. The number of likely N-dealkylation sites (tertiary alicyclic amines) is 1. The van der Waals surface area contributed by atoms with Gasteiger partial charge in [0.25, 0.3) is 5.91 Å². The Morgan fingerprint density at radius 2 is 2.10 bits per heavy atom. The predicted octanol–water partition coefficient (Wildman–Crippen LogP) is 2.44. The van der Waals surface area contributed by atoms with E-state index in [4.69, 9.17) is 5.11 Å². The Kier molecular flexibility index (Phi) is 3.99. The molecule has 0 spiro atoms. The molecule has 1 N–H and O–H groups in total. The smallest absolute Gasteiger partial charge is 0.394 e. The molecule has 1 aliphatic rings. The molecule has 3 nitrogen and oxygen atoms in total. The maximum absolute atomic E-state index is 13.6. The van der Waals surface area contributed by atoms with Crippen LogP contribution >= 0.6 is 0 Å². The number of rotatable bonds is 2. The van der Waals surface area contributed by atoms with Crippen LogP contribution in [-0.2, 0) is 6.18 Å². The van der Waals surface area contributed by atoms with Crippen molar-refractivity contribution in [2.24, 2.45) is 0 Å². The molecule has 110 valence electrons. The third-order valence-corrected chi connectivity index (χ3v) is 3.37. The highest BCUT2D eigenvalue weighted by molar-refractivity contribution is 5.95. The summed E-state index contributed by atoms with van der Waals surface area (Å²) in [5.74, 6) is -1.81. The van der Waals surface area contributed by atoms with Crippen molar-refractivity contribution in [3.63, 3.8) is 0 Å². The SMILES string of the molecule is O=C(c1cc(C(F)(F)F)ccc1F)N1CCC[C@@H]1CO. The van der Waals surface area contributed by atoms with Gasteiger partial charge in [-0.25, -0.2) is 4.39 Å². The molecule has 0 aliphatic carbocycles. The van der Waals surface area contributed by atoms with E-state index >= 15 is 0 Å². The van der Waals surface area contributed by atoms with E-state index in [-0.39, 0.29) is 6.61 Å². The van der Waals surface area contributed by atoms with Crippen LogP contribution < -0.4 is 0 Å². The van der Waals surface area contributed by atoms with Crippen LogP contribution in [-0.4, -0.2) is 35.1 Å². The molecule has 1 aliphatic heterocycles. The molecule has 1 saturated heterocycles. The molecule has 1 aromatic carbocycles. The van der Waals surface area contributed by atoms with Crippen LogP contribution in [0.1, 0.15) is 28.8 Å². The average Bonchev–Trinajstić information content (AvgIpc) is 2.85. The van der Waals surface area contributed by atoms with Crippen LogP contribution in [0.15, 0.2) is 18.2 Å². The molecule has 0 bridgehead atoms. The van der Waals surface area contributed by atoms with Gasteiger partial charge in [0.15, 0.2) is 0 Å². The third kappa shape index (κ3) is 2.77. The lowest BCUT2D eigenvalue weighted by Crippen LogP contribution is -2.38. The van der Waals surface area contributed by atoms with E-state index in [1.165, 1.54) is 4.90 Å². The number of hydrogen-bond donors (Lipinski definition) is 1. The number of carbonyl (C=O) groups excluding carboxylic acids is 1. The topological polar surface area (TPSA) is 40.5 Å². The number of aliphatic hydroxyl groups is 1. The number of nitrogens with zero attached hydrogens (tertiary/aromatic N) is 1. The van der Waals surface area contributed by atoms with E-state index in [0.29, 0.717) is 37.6 Å². The van der Waals surface area contributed by atoms with Crippen LogP contribution in [0.3, 0.4) is 0 Å². The fourth-order valence-electron chi connectivity index (χ4n) is 2.31. The number of halogens is 4. The molecular formula is C13H13F4NO2. The molecule has 0 radical (unpaired) electrons. The Labute approximate surface area is 112 Å². The van der Waals surface area contributed by atoms with E-state index in [2.05, 4.69) is 0 Å². The lowest BCUT2D eigenvalue weighted by Gasteiger charge is -2.23. The van der Waals surface area contributed by atoms with E-state index in [1.54, 1.807) is 0 Å². The Morgan fingerprint density at radius 1 is 1.40 bits per heavy atom. The molecule has 0 unspecified atom stereocenters. The summed E-state index contributed by atoms with van der Waals surface area (Å²) in [6, 6.07) is 1.29. The lowest BCUT2D eigenvalue weighted by molar-refractivity contribution is -0.137. The number of amides is 1. The maximum Gasteiger partial charge on any atom is 0.416 e. The van der Waals surface area contributed by atoms with Crippen LogP contribution in [0.2, 0.25) is 0 Å². The van der Waals surface area contributed by atoms with E-state index in [0.717, 1.165) is 0 Å². The second-order valence-corrected chi connectivity index (χ2v) is 4.67. The number of hydrogen-bond acceptors (Lipinski definition) is 2. The van der Waals surface area contributed by atoms with Gasteiger partial charge in [0, 0.05) is 6.54 Å². The molecular weight excluding hydrogens is 278 g/mol. The van der Waals surface area contributed by atoms with Gasteiger partial charge in [0.2, 0.25) is 0 Å². The predicted molar refractivity (Wildman–Crippen MR) is 62.5 cm³/mol. The van der Waals surface area contributed by atoms with E-state index < -0.39 is 35.1 Å². The summed E-state index contributed by atoms with van der Waals surface area (Å²) in [6.07, 6.45) is -3.44. The molecule has 7 heteroatoms. The van der Waals surface area contributed by atoms with Gasteiger partial charge in [-0.05, 0) is 31.0 Å². The van der Waals surface area contributed by atoms with Crippen LogP contribution in [0.25, 0.3) is 0 Å². The summed E-state index contributed by atoms with van der Waals surface area (Å²) in [6.45, 7) is 0.0199. The second kappa shape index (κ2) is 5.40. The van der Waals surface area contributed by atoms with Crippen molar-refractivity contribution in [1.82, 2.24) is 4.90 Å². The minimum Gasteiger partial charge on any atom is -0.394 e. The zero-order valence-electron chi connectivity index (χ0n) is 10.5. The monoisotopic (exact) mass is 291 g/mol. The number of alkyl halides is 3. The van der Waals surface area contributed by atoms with Gasteiger partial charge in [-0.1, -0.05) is 0 Å². The van der Waals surface area contributed by atoms with Crippen molar-refractivity contribution in [2.75, 3.05) is 13.2 Å². The van der Waals surface area contributed by atoms with Gasteiger partial charge >= 0.3 is 6.18 Å². The summed E-state index contributed by atoms with van der Waals surface area (Å²) < 4.78 is 51.4. The van der Waals surface area contributed by atoms with E-state index in [9.17, 15) is 22.4 Å². The van der Waals surface area contributed by atoms with Gasteiger partial charge in [0.1, 0.15) is 5.82 Å². The lowest BCUT2D eigenvalue weighted by atomic mass is 10.1. The Hall–Kier alpha value is -1.63. The molecule has 20 heavy (non-hydrogen) atoms. The van der Waals surface area contributed by atoms with E-state index in [1.807, 2.05) is 0 Å². The summed E-state index contributed by atoms with van der Waals surface area (Å²) >= 11 is 0.